The third-order valence-corrected chi connectivity index (χ3v) is 4.17. The van der Waals surface area contributed by atoms with Crippen molar-refractivity contribution < 1.29 is 14.7 Å². The number of aliphatic carboxylic acids is 1. The third-order valence-electron chi connectivity index (χ3n) is 3.64. The van der Waals surface area contributed by atoms with E-state index in [-0.39, 0.29) is 11.8 Å². The molecule has 2 rings (SSSR count). The zero-order valence-corrected chi connectivity index (χ0v) is 12.9. The van der Waals surface area contributed by atoms with Crippen LogP contribution >= 0.6 is 15.9 Å². The molecule has 0 heterocycles. The smallest absolute Gasteiger partial charge is 0.326 e. The molecule has 0 radical (unpaired) electrons. The highest BCUT2D eigenvalue weighted by atomic mass is 79.9. The molecule has 0 saturated heterocycles. The highest BCUT2D eigenvalue weighted by Crippen LogP contribution is 2.33. The van der Waals surface area contributed by atoms with Gasteiger partial charge in [-0.3, -0.25) is 4.79 Å². The zero-order valence-electron chi connectivity index (χ0n) is 11.3. The molecular weight excluding hydrogens is 322 g/mol. The van der Waals surface area contributed by atoms with Gasteiger partial charge in [-0.1, -0.05) is 40.9 Å². The van der Waals surface area contributed by atoms with E-state index in [1.807, 2.05) is 24.3 Å². The summed E-state index contributed by atoms with van der Waals surface area (Å²) in [7, 11) is 0. The lowest BCUT2D eigenvalue weighted by molar-refractivity contribution is -0.142. The molecule has 0 aliphatic heterocycles. The molecule has 2 unspecified atom stereocenters. The van der Waals surface area contributed by atoms with Crippen LogP contribution < -0.4 is 5.32 Å². The molecule has 1 aromatic rings. The quantitative estimate of drug-likeness (QED) is 0.837. The number of hydrogen-bond donors (Lipinski definition) is 2. The van der Waals surface area contributed by atoms with Crippen LogP contribution in [0.2, 0.25) is 0 Å². The number of halogens is 1. The van der Waals surface area contributed by atoms with E-state index >= 15 is 0 Å². The number of benzene rings is 1. The van der Waals surface area contributed by atoms with Crippen molar-refractivity contribution in [1.29, 1.82) is 0 Å². The van der Waals surface area contributed by atoms with E-state index in [1.165, 1.54) is 0 Å². The molecule has 0 spiro atoms. The molecule has 108 valence electrons. The van der Waals surface area contributed by atoms with Crippen molar-refractivity contribution in [1.82, 2.24) is 5.32 Å². The first-order valence-electron chi connectivity index (χ1n) is 6.76. The summed E-state index contributed by atoms with van der Waals surface area (Å²) >= 11 is 3.35. The van der Waals surface area contributed by atoms with Gasteiger partial charge in [-0.25, -0.2) is 4.79 Å². The maximum absolute atomic E-state index is 12.2. The molecule has 1 amide bonds. The zero-order chi connectivity index (χ0) is 14.7. The molecule has 1 aliphatic carbocycles. The van der Waals surface area contributed by atoms with Crippen LogP contribution in [0.15, 0.2) is 28.7 Å². The summed E-state index contributed by atoms with van der Waals surface area (Å²) in [5.41, 5.74) is 0.876. The summed E-state index contributed by atoms with van der Waals surface area (Å²) in [6, 6.07) is 6.71. The summed E-state index contributed by atoms with van der Waals surface area (Å²) in [4.78, 5) is 23.3. The molecule has 1 aromatic carbocycles. The standard InChI is InChI=1S/C15H18BrNO3/c1-9(11-4-6-12(16)7-5-11)14(18)17-13(15(19)20)8-10-2-3-10/h4-7,9-10,13H,2-3,8H2,1H3,(H,17,18)(H,19,20). The number of rotatable bonds is 6. The molecule has 4 nitrogen and oxygen atoms in total. The first-order chi connectivity index (χ1) is 9.47. The minimum absolute atomic E-state index is 0.236. The molecule has 20 heavy (non-hydrogen) atoms. The van der Waals surface area contributed by atoms with Crippen LogP contribution in [0, 0.1) is 5.92 Å². The Bertz CT molecular complexity index is 496. The van der Waals surface area contributed by atoms with Crippen molar-refractivity contribution in [2.24, 2.45) is 5.92 Å². The lowest BCUT2D eigenvalue weighted by Gasteiger charge is -2.18. The van der Waals surface area contributed by atoms with Gasteiger partial charge in [0.15, 0.2) is 0 Å². The van der Waals surface area contributed by atoms with Crippen LogP contribution in [0.5, 0.6) is 0 Å². The fraction of sp³-hybridized carbons (Fsp3) is 0.467. The van der Waals surface area contributed by atoms with Gasteiger partial charge in [0, 0.05) is 4.47 Å². The Labute approximate surface area is 126 Å². The SMILES string of the molecule is CC(C(=O)NC(CC1CC1)C(=O)O)c1ccc(Br)cc1. The average Bonchev–Trinajstić information content (AvgIpc) is 3.21. The molecule has 1 aliphatic rings. The van der Waals surface area contributed by atoms with Gasteiger partial charge in [-0.05, 0) is 37.0 Å². The van der Waals surface area contributed by atoms with Crippen LogP contribution in [0.3, 0.4) is 0 Å². The van der Waals surface area contributed by atoms with E-state index in [0.717, 1.165) is 22.9 Å². The molecule has 1 saturated carbocycles. The van der Waals surface area contributed by atoms with Gasteiger partial charge in [0.05, 0.1) is 5.92 Å². The number of nitrogens with one attached hydrogen (secondary N) is 1. The monoisotopic (exact) mass is 339 g/mol. The van der Waals surface area contributed by atoms with Crippen LogP contribution in [0.25, 0.3) is 0 Å². The Kier molecular flexibility index (Phi) is 4.81. The topological polar surface area (TPSA) is 66.4 Å². The Morgan fingerprint density at radius 2 is 1.95 bits per heavy atom. The largest absolute Gasteiger partial charge is 0.480 e. The molecule has 2 N–H and O–H groups in total. The Morgan fingerprint density at radius 3 is 2.45 bits per heavy atom. The average molecular weight is 340 g/mol. The summed E-state index contributed by atoms with van der Waals surface area (Å²) < 4.78 is 0.950. The van der Waals surface area contributed by atoms with E-state index in [9.17, 15) is 9.59 Å². The van der Waals surface area contributed by atoms with Gasteiger partial charge in [-0.2, -0.15) is 0 Å². The van der Waals surface area contributed by atoms with Gasteiger partial charge < -0.3 is 10.4 Å². The molecule has 2 atom stereocenters. The molecular formula is C15H18BrNO3. The first-order valence-corrected chi connectivity index (χ1v) is 7.55. The minimum atomic E-state index is -0.951. The highest BCUT2D eigenvalue weighted by Gasteiger charge is 2.31. The van der Waals surface area contributed by atoms with Crippen molar-refractivity contribution >= 4 is 27.8 Å². The van der Waals surface area contributed by atoms with E-state index in [2.05, 4.69) is 21.2 Å². The number of amides is 1. The second kappa shape index (κ2) is 6.39. The number of carbonyl (C=O) groups excluding carboxylic acids is 1. The van der Waals surface area contributed by atoms with Gasteiger partial charge in [-0.15, -0.1) is 0 Å². The second-order valence-electron chi connectivity index (χ2n) is 5.35. The van der Waals surface area contributed by atoms with Crippen molar-refractivity contribution in [3.63, 3.8) is 0 Å². The number of carboxylic acid groups (broad SMARTS) is 1. The van der Waals surface area contributed by atoms with E-state index in [1.54, 1.807) is 6.92 Å². The van der Waals surface area contributed by atoms with Crippen molar-refractivity contribution in [3.05, 3.63) is 34.3 Å². The fourth-order valence-corrected chi connectivity index (χ4v) is 2.37. The lowest BCUT2D eigenvalue weighted by atomic mass is 9.99. The maximum Gasteiger partial charge on any atom is 0.326 e. The van der Waals surface area contributed by atoms with Gasteiger partial charge in [0.2, 0.25) is 5.91 Å². The fourth-order valence-electron chi connectivity index (χ4n) is 2.11. The summed E-state index contributed by atoms with van der Waals surface area (Å²) in [6.07, 6.45) is 2.68. The van der Waals surface area contributed by atoms with Gasteiger partial charge in [0.25, 0.3) is 0 Å². The Hall–Kier alpha value is -1.36. The Morgan fingerprint density at radius 1 is 1.35 bits per heavy atom. The van der Waals surface area contributed by atoms with Crippen LogP contribution in [-0.2, 0) is 9.59 Å². The Balaban J connectivity index is 1.98. The van der Waals surface area contributed by atoms with E-state index < -0.39 is 12.0 Å². The van der Waals surface area contributed by atoms with E-state index in [4.69, 9.17) is 5.11 Å². The summed E-state index contributed by atoms with van der Waals surface area (Å²) in [6.45, 7) is 1.79. The van der Waals surface area contributed by atoms with Crippen molar-refractivity contribution in [3.8, 4) is 0 Å². The predicted molar refractivity (Wildman–Crippen MR) is 79.5 cm³/mol. The number of hydrogen-bond acceptors (Lipinski definition) is 2. The van der Waals surface area contributed by atoms with Gasteiger partial charge >= 0.3 is 5.97 Å². The van der Waals surface area contributed by atoms with Crippen LogP contribution in [0.4, 0.5) is 0 Å². The van der Waals surface area contributed by atoms with Crippen molar-refractivity contribution in [2.45, 2.75) is 38.1 Å². The van der Waals surface area contributed by atoms with E-state index in [0.29, 0.717) is 12.3 Å². The second-order valence-corrected chi connectivity index (χ2v) is 6.27. The molecule has 0 aromatic heterocycles. The normalized spacial score (nSPS) is 17.3. The predicted octanol–water partition coefficient (Wildman–Crippen LogP) is 2.92. The molecule has 0 bridgehead atoms. The molecule has 5 heteroatoms. The van der Waals surface area contributed by atoms with Crippen LogP contribution in [-0.4, -0.2) is 23.0 Å². The van der Waals surface area contributed by atoms with Gasteiger partial charge in [0.1, 0.15) is 6.04 Å². The minimum Gasteiger partial charge on any atom is -0.480 e. The first kappa shape index (κ1) is 15.0. The third kappa shape index (κ3) is 4.07. The van der Waals surface area contributed by atoms with Crippen LogP contribution in [0.1, 0.15) is 37.7 Å². The lowest BCUT2D eigenvalue weighted by Crippen LogP contribution is -2.42. The highest BCUT2D eigenvalue weighted by molar-refractivity contribution is 9.10. The summed E-state index contributed by atoms with van der Waals surface area (Å²) in [5.74, 6) is -1.09. The number of carbonyl (C=O) groups is 2. The van der Waals surface area contributed by atoms with Crippen molar-refractivity contribution in [2.75, 3.05) is 0 Å². The number of carboxylic acids is 1. The molecule has 1 fully saturated rings. The maximum atomic E-state index is 12.2. The summed E-state index contributed by atoms with van der Waals surface area (Å²) in [5, 5.41) is 11.8.